The zero-order chi connectivity index (χ0) is 14.3. The van der Waals surface area contributed by atoms with Gasteiger partial charge in [-0.1, -0.05) is 31.9 Å². The van der Waals surface area contributed by atoms with Crippen molar-refractivity contribution in [3.05, 3.63) is 11.1 Å². The third-order valence-corrected chi connectivity index (χ3v) is 5.90. The molecule has 0 spiro atoms. The summed E-state index contributed by atoms with van der Waals surface area (Å²) >= 11 is 5.89. The van der Waals surface area contributed by atoms with Crippen molar-refractivity contribution in [2.24, 2.45) is 17.3 Å². The maximum absolute atomic E-state index is 5.99. The molecular weight excluding hydrogens is 272 g/mol. The fourth-order valence-corrected chi connectivity index (χ4v) is 4.45. The summed E-state index contributed by atoms with van der Waals surface area (Å²) in [5.41, 5.74) is 3.81. The minimum atomic E-state index is -0.0412. The second kappa shape index (κ2) is 5.62. The molecule has 0 amide bonds. The van der Waals surface area contributed by atoms with E-state index in [2.05, 4.69) is 20.8 Å². The van der Waals surface area contributed by atoms with E-state index in [4.69, 9.17) is 21.1 Å². The molecule has 20 heavy (non-hydrogen) atoms. The van der Waals surface area contributed by atoms with Gasteiger partial charge in [0.25, 0.3) is 0 Å². The first-order chi connectivity index (χ1) is 9.51. The van der Waals surface area contributed by atoms with Crippen molar-refractivity contribution in [3.63, 3.8) is 0 Å². The molecule has 1 fully saturated rings. The largest absolute Gasteiger partial charge is 0.350 e. The number of ether oxygens (including phenoxy) is 2. The van der Waals surface area contributed by atoms with Gasteiger partial charge in [0, 0.05) is 5.92 Å². The lowest BCUT2D eigenvalue weighted by molar-refractivity contribution is -0.110. The van der Waals surface area contributed by atoms with Gasteiger partial charge in [-0.05, 0) is 43.4 Å². The molecule has 0 N–H and O–H groups in total. The predicted octanol–water partition coefficient (Wildman–Crippen LogP) is 4.52. The van der Waals surface area contributed by atoms with Crippen LogP contribution in [0.25, 0.3) is 0 Å². The molecule has 0 saturated carbocycles. The van der Waals surface area contributed by atoms with Crippen molar-refractivity contribution in [2.45, 2.75) is 65.3 Å². The summed E-state index contributed by atoms with van der Waals surface area (Å²) in [6, 6.07) is 0. The highest BCUT2D eigenvalue weighted by Crippen LogP contribution is 2.50. The van der Waals surface area contributed by atoms with Gasteiger partial charge in [-0.25, -0.2) is 0 Å². The van der Waals surface area contributed by atoms with Crippen LogP contribution in [0.4, 0.5) is 0 Å². The molecule has 0 aromatic carbocycles. The van der Waals surface area contributed by atoms with Gasteiger partial charge >= 0.3 is 0 Å². The van der Waals surface area contributed by atoms with Crippen LogP contribution >= 0.6 is 11.6 Å². The van der Waals surface area contributed by atoms with Crippen LogP contribution in [0.2, 0.25) is 0 Å². The summed E-state index contributed by atoms with van der Waals surface area (Å²) < 4.78 is 11.9. The molecule has 1 saturated heterocycles. The third kappa shape index (κ3) is 2.67. The van der Waals surface area contributed by atoms with E-state index in [-0.39, 0.29) is 12.4 Å². The quantitative estimate of drug-likeness (QED) is 0.551. The fraction of sp³-hybridized carbons (Fsp3) is 0.882. The van der Waals surface area contributed by atoms with Crippen molar-refractivity contribution in [2.75, 3.05) is 12.5 Å². The molecule has 2 aliphatic carbocycles. The Morgan fingerprint density at radius 1 is 1.30 bits per heavy atom. The number of allylic oxidation sites excluding steroid dienone is 2. The van der Waals surface area contributed by atoms with Gasteiger partial charge in [0.2, 0.25) is 0 Å². The van der Waals surface area contributed by atoms with E-state index in [0.29, 0.717) is 29.7 Å². The van der Waals surface area contributed by atoms with E-state index in [0.717, 1.165) is 6.42 Å². The lowest BCUT2D eigenvalue weighted by atomic mass is 9.63. The Bertz CT molecular complexity index is 402. The van der Waals surface area contributed by atoms with Crippen molar-refractivity contribution < 1.29 is 9.47 Å². The van der Waals surface area contributed by atoms with E-state index >= 15 is 0 Å². The van der Waals surface area contributed by atoms with Crippen molar-refractivity contribution in [3.8, 4) is 0 Å². The van der Waals surface area contributed by atoms with Crippen molar-refractivity contribution >= 4 is 11.6 Å². The minimum absolute atomic E-state index is 0.0412. The summed E-state index contributed by atoms with van der Waals surface area (Å²) in [5.74, 6) is 1.69. The maximum Gasteiger partial charge on any atom is 0.161 e. The summed E-state index contributed by atoms with van der Waals surface area (Å²) in [4.78, 5) is 0. The first-order valence-electron chi connectivity index (χ1n) is 8.05. The number of halogens is 1. The van der Waals surface area contributed by atoms with Gasteiger partial charge < -0.3 is 9.47 Å². The van der Waals surface area contributed by atoms with Crippen molar-refractivity contribution in [1.29, 1.82) is 0 Å². The lowest BCUT2D eigenvalue weighted by Gasteiger charge is -2.44. The number of hydrogen-bond acceptors (Lipinski definition) is 2. The summed E-state index contributed by atoms with van der Waals surface area (Å²) in [6.07, 6.45) is 6.43. The lowest BCUT2D eigenvalue weighted by Crippen LogP contribution is -2.36. The van der Waals surface area contributed by atoms with Crippen molar-refractivity contribution in [1.82, 2.24) is 0 Å². The number of alkyl halides is 1. The highest BCUT2D eigenvalue weighted by molar-refractivity contribution is 6.18. The summed E-state index contributed by atoms with van der Waals surface area (Å²) in [7, 11) is 0. The van der Waals surface area contributed by atoms with E-state index < -0.39 is 0 Å². The van der Waals surface area contributed by atoms with E-state index in [1.54, 1.807) is 11.1 Å². The Balaban J connectivity index is 1.77. The van der Waals surface area contributed by atoms with Gasteiger partial charge in [0.1, 0.15) is 0 Å². The predicted molar refractivity (Wildman–Crippen MR) is 81.9 cm³/mol. The second-order valence-corrected chi connectivity index (χ2v) is 7.79. The number of rotatable bonds is 2. The van der Waals surface area contributed by atoms with Gasteiger partial charge in [-0.15, -0.1) is 11.6 Å². The van der Waals surface area contributed by atoms with Crippen LogP contribution in [0, 0.1) is 17.3 Å². The van der Waals surface area contributed by atoms with Crippen LogP contribution in [0.3, 0.4) is 0 Å². The van der Waals surface area contributed by atoms with E-state index in [1.165, 1.54) is 25.7 Å². The molecule has 3 heteroatoms. The smallest absolute Gasteiger partial charge is 0.161 e. The Labute approximate surface area is 127 Å². The van der Waals surface area contributed by atoms with Gasteiger partial charge in [-0.2, -0.15) is 0 Å². The molecule has 0 aromatic rings. The molecule has 0 aromatic heterocycles. The Hall–Kier alpha value is -0.0500. The molecule has 2 nitrogen and oxygen atoms in total. The topological polar surface area (TPSA) is 18.5 Å². The average Bonchev–Trinajstić information content (AvgIpc) is 2.86. The first-order valence-corrected chi connectivity index (χ1v) is 8.59. The normalized spacial score (nSPS) is 40.8. The molecule has 3 aliphatic rings. The van der Waals surface area contributed by atoms with Gasteiger partial charge in [0.05, 0.1) is 18.6 Å². The molecule has 114 valence electrons. The third-order valence-electron chi connectivity index (χ3n) is 5.56. The van der Waals surface area contributed by atoms with Crippen LogP contribution in [-0.4, -0.2) is 24.9 Å². The Morgan fingerprint density at radius 2 is 2.10 bits per heavy atom. The molecule has 0 radical (unpaired) electrons. The monoisotopic (exact) mass is 298 g/mol. The number of hydrogen-bond donors (Lipinski definition) is 0. The Morgan fingerprint density at radius 3 is 2.80 bits per heavy atom. The first kappa shape index (κ1) is 14.9. The summed E-state index contributed by atoms with van der Waals surface area (Å²) in [6.45, 7) is 7.84. The molecule has 1 heterocycles. The highest BCUT2D eigenvalue weighted by Gasteiger charge is 2.42. The molecule has 0 unspecified atom stereocenters. The molecular formula is C17H27ClO2. The van der Waals surface area contributed by atoms with Crippen LogP contribution in [0.15, 0.2) is 11.1 Å². The standard InChI is InChI=1S/C17H27ClO2/c1-11-7-12-5-4-6-17(2,3)15(12)8-14(11)16-19-10-13(9-18)20-16/h11,13-14,16H,4-10H2,1-3H3/t11-,13+,14+,16-/m0/s1. The second-order valence-electron chi connectivity index (χ2n) is 7.48. The van der Waals surface area contributed by atoms with Crippen LogP contribution in [-0.2, 0) is 9.47 Å². The molecule has 4 atom stereocenters. The van der Waals surface area contributed by atoms with Gasteiger partial charge in [0.15, 0.2) is 6.29 Å². The zero-order valence-electron chi connectivity index (χ0n) is 13.0. The maximum atomic E-state index is 5.99. The SMILES string of the molecule is C[C@H]1CC2=C(C[C@H]1[C@H]1OC[C@@H](CCl)O1)C(C)(C)CCC2. The van der Waals surface area contributed by atoms with E-state index in [9.17, 15) is 0 Å². The minimum Gasteiger partial charge on any atom is -0.350 e. The van der Waals surface area contributed by atoms with Crippen LogP contribution in [0.1, 0.15) is 52.9 Å². The van der Waals surface area contributed by atoms with Crippen LogP contribution in [0.5, 0.6) is 0 Å². The highest BCUT2D eigenvalue weighted by atomic mass is 35.5. The molecule has 0 bridgehead atoms. The fourth-order valence-electron chi connectivity index (χ4n) is 4.29. The molecule has 1 aliphatic heterocycles. The molecule has 3 rings (SSSR count). The Kier molecular flexibility index (Phi) is 4.18. The van der Waals surface area contributed by atoms with Gasteiger partial charge in [-0.3, -0.25) is 0 Å². The summed E-state index contributed by atoms with van der Waals surface area (Å²) in [5, 5.41) is 0. The van der Waals surface area contributed by atoms with Crippen LogP contribution < -0.4 is 0 Å². The average molecular weight is 299 g/mol. The zero-order valence-corrected chi connectivity index (χ0v) is 13.7. The van der Waals surface area contributed by atoms with E-state index in [1.807, 2.05) is 0 Å².